The average Bonchev–Trinajstić information content (AvgIpc) is 3.68. The van der Waals surface area contributed by atoms with Crippen molar-refractivity contribution in [3.05, 3.63) is 25.3 Å². The van der Waals surface area contributed by atoms with E-state index in [1.165, 1.54) is 12.7 Å². The van der Waals surface area contributed by atoms with Gasteiger partial charge in [0.1, 0.15) is 30.4 Å². The van der Waals surface area contributed by atoms with Crippen molar-refractivity contribution in [2.45, 2.75) is 35.7 Å². The number of rotatable bonds is 6. The lowest BCUT2D eigenvalue weighted by atomic mass is 10.4. The Kier molecular flexibility index (Phi) is 8.35. The van der Waals surface area contributed by atoms with Crippen molar-refractivity contribution in [2.75, 3.05) is 29.6 Å². The van der Waals surface area contributed by atoms with E-state index in [0.717, 1.165) is 17.5 Å². The van der Waals surface area contributed by atoms with E-state index in [0.29, 0.717) is 47.0 Å². The maximum atomic E-state index is 11.4. The monoisotopic (exact) mass is 614 g/mol. The zero-order chi connectivity index (χ0) is 27.7. The zero-order valence-corrected chi connectivity index (χ0v) is 23.8. The van der Waals surface area contributed by atoms with E-state index in [2.05, 4.69) is 29.9 Å². The van der Waals surface area contributed by atoms with Crippen LogP contribution < -0.4 is 16.4 Å². The number of nitrogen functional groups attached to an aromatic ring is 2. The van der Waals surface area contributed by atoms with Crippen LogP contribution in [0.1, 0.15) is 0 Å². The summed E-state index contributed by atoms with van der Waals surface area (Å²) in [6, 6.07) is 0. The zero-order valence-electron chi connectivity index (χ0n) is 20.4. The second-order valence-corrected chi connectivity index (χ2v) is 14.6. The predicted octanol–water partition coefficient (Wildman–Crippen LogP) is 0.651. The van der Waals surface area contributed by atoms with Crippen LogP contribution in [0.3, 0.4) is 0 Å². The number of hydrogen-bond acceptors (Lipinski definition) is 15. The number of aromatic nitrogens is 8. The highest BCUT2D eigenvalue weighted by Crippen LogP contribution is 2.48. The van der Waals surface area contributed by atoms with Crippen molar-refractivity contribution in [1.82, 2.24) is 39.0 Å². The summed E-state index contributed by atoms with van der Waals surface area (Å²) in [5.74, 6) is 1.94. The molecule has 4 aromatic heterocycles. The molecular formula is C19H24N10O6P2S2. The van der Waals surface area contributed by atoms with Gasteiger partial charge in [-0.3, -0.25) is 0 Å². The van der Waals surface area contributed by atoms with Crippen molar-refractivity contribution in [1.29, 1.82) is 0 Å². The average molecular weight is 615 g/mol. The molecule has 0 spiro atoms. The molecule has 6 heterocycles. The van der Waals surface area contributed by atoms with Crippen LogP contribution in [0.4, 0.5) is 11.6 Å². The van der Waals surface area contributed by atoms with Gasteiger partial charge in [0.2, 0.25) is 0 Å². The Hall–Kier alpha value is -2.43. The van der Waals surface area contributed by atoms with Crippen LogP contribution in [0.15, 0.2) is 25.3 Å². The summed E-state index contributed by atoms with van der Waals surface area (Å²) in [6.45, 7) is 2.69. The molecule has 6 atom stereocenters. The maximum absolute atomic E-state index is 11.4. The smallest absolute Gasteiger partial charge is 0.378 e. The molecule has 2 aliphatic rings. The summed E-state index contributed by atoms with van der Waals surface area (Å²) in [5.41, 5.74) is 13.8. The summed E-state index contributed by atoms with van der Waals surface area (Å²) >= 11 is 2.64. The van der Waals surface area contributed by atoms with Crippen molar-refractivity contribution < 1.29 is 28.4 Å². The molecule has 20 heteroatoms. The normalized spacial score (nSPS) is 24.9. The first kappa shape index (κ1) is 28.1. The molecule has 6 unspecified atom stereocenters. The second-order valence-electron chi connectivity index (χ2n) is 8.56. The third kappa shape index (κ3) is 6.33. The first-order valence-electron chi connectivity index (χ1n) is 11.4. The van der Waals surface area contributed by atoms with Gasteiger partial charge in [-0.25, -0.2) is 29.9 Å². The highest BCUT2D eigenvalue weighted by atomic mass is 32.2. The van der Waals surface area contributed by atoms with E-state index in [1.54, 1.807) is 35.6 Å². The van der Waals surface area contributed by atoms with Crippen LogP contribution in [0.25, 0.3) is 22.3 Å². The van der Waals surface area contributed by atoms with Gasteiger partial charge in [0.25, 0.3) is 0 Å². The molecular weight excluding hydrogens is 590 g/mol. The van der Waals surface area contributed by atoms with Gasteiger partial charge in [0.05, 0.1) is 38.0 Å². The third-order valence-electron chi connectivity index (χ3n) is 5.69. The standard InChI is InChI=1S/C10H13N5O2PS.C9H12N5O4PS/c1-18(16)10-17-6(3-19-10)2-15-5-14-7-8(11)12-4-13-9(7)15;10-7-6-8(12-3-11-7)14(4-13-6)1-5-2-20-9(18-5)19(15,16)17/h4-6,10H,2-3H2,1H3,(H2,11,12,13);3-5,9H,1-2H2,(H2,10,11,12)(H2,15,16,17)/q+1;/p-1. The van der Waals surface area contributed by atoms with Crippen molar-refractivity contribution >= 4 is 72.9 Å². The molecule has 0 bridgehead atoms. The van der Waals surface area contributed by atoms with Crippen molar-refractivity contribution in [2.24, 2.45) is 0 Å². The highest BCUT2D eigenvalue weighted by molar-refractivity contribution is 8.05. The highest BCUT2D eigenvalue weighted by Gasteiger charge is 2.37. The van der Waals surface area contributed by atoms with Gasteiger partial charge in [-0.1, -0.05) is 16.3 Å². The quantitative estimate of drug-likeness (QED) is 0.253. The number of nitrogens with two attached hydrogens (primary N) is 2. The minimum absolute atomic E-state index is 0.0162. The van der Waals surface area contributed by atoms with Gasteiger partial charge in [-0.05, 0) is 0 Å². The van der Waals surface area contributed by atoms with E-state index >= 15 is 0 Å². The molecule has 0 aromatic carbocycles. The maximum Gasteiger partial charge on any atom is 0.378 e. The van der Waals surface area contributed by atoms with E-state index < -0.39 is 20.6 Å². The Bertz CT molecular complexity index is 1550. The Morgan fingerprint density at radius 1 is 0.974 bits per heavy atom. The molecule has 2 fully saturated rings. The van der Waals surface area contributed by atoms with Gasteiger partial charge in [-0.2, -0.15) is 0 Å². The fraction of sp³-hybridized carbons (Fsp3) is 0.474. The summed E-state index contributed by atoms with van der Waals surface area (Å²) in [4.78, 5) is 44.3. The summed E-state index contributed by atoms with van der Waals surface area (Å²) in [6.07, 6.45) is 5.65. The summed E-state index contributed by atoms with van der Waals surface area (Å²) < 4.78 is 37.0. The first-order chi connectivity index (χ1) is 18.6. The fourth-order valence-corrected chi connectivity index (χ4v) is 8.30. The Morgan fingerprint density at radius 2 is 1.49 bits per heavy atom. The number of hydrogen-bond donors (Lipinski definition) is 3. The van der Waals surface area contributed by atoms with Crippen LogP contribution in [-0.2, 0) is 31.7 Å². The number of imidazole rings is 2. The van der Waals surface area contributed by atoms with Crippen LogP contribution >= 0.6 is 38.9 Å². The van der Waals surface area contributed by atoms with E-state index in [9.17, 15) is 14.0 Å². The summed E-state index contributed by atoms with van der Waals surface area (Å²) in [7, 11) is -5.79. The molecule has 0 saturated carbocycles. The van der Waals surface area contributed by atoms with E-state index in [-0.39, 0.29) is 23.2 Å². The molecule has 0 amide bonds. The van der Waals surface area contributed by atoms with Crippen LogP contribution in [0, 0.1) is 0 Å². The SMILES string of the molecule is C[P+](=O)C1OC(Cn2cnc3c(N)ncnc32)CS1.Nc1ncnc2c1ncn2CC1CSC(P(=O)([O-])O)O1. The van der Waals surface area contributed by atoms with Crippen LogP contribution in [0.5, 0.6) is 0 Å². The number of fused-ring (bicyclic) bond motifs is 2. The molecule has 0 radical (unpaired) electrons. The molecule has 5 N–H and O–H groups in total. The topological polar surface area (TPSA) is 235 Å². The van der Waals surface area contributed by atoms with Gasteiger partial charge in [-0.15, -0.1) is 11.8 Å². The van der Waals surface area contributed by atoms with Gasteiger partial charge >= 0.3 is 13.0 Å². The largest absolute Gasteiger partial charge is 0.776 e. The number of anilines is 2. The van der Waals surface area contributed by atoms with Gasteiger partial charge in [0, 0.05) is 11.5 Å². The van der Waals surface area contributed by atoms with Crippen LogP contribution in [0.2, 0.25) is 0 Å². The Morgan fingerprint density at radius 3 is 1.95 bits per heavy atom. The number of thioether (sulfide) groups is 2. The molecule has 2 saturated heterocycles. The first-order valence-corrected chi connectivity index (χ1v) is 16.9. The minimum atomic E-state index is -4.48. The summed E-state index contributed by atoms with van der Waals surface area (Å²) in [5, 5.41) is -1.41. The second kappa shape index (κ2) is 11.6. The van der Waals surface area contributed by atoms with Crippen molar-refractivity contribution in [3.63, 3.8) is 0 Å². The third-order valence-corrected chi connectivity index (χ3v) is 11.6. The van der Waals surface area contributed by atoms with Crippen LogP contribution in [-0.4, -0.2) is 84.7 Å². The lowest BCUT2D eigenvalue weighted by Crippen LogP contribution is -2.21. The lowest BCUT2D eigenvalue weighted by Gasteiger charge is -2.22. The molecule has 39 heavy (non-hydrogen) atoms. The predicted molar refractivity (Wildman–Crippen MR) is 145 cm³/mol. The Labute approximate surface area is 230 Å². The minimum Gasteiger partial charge on any atom is -0.776 e. The fourth-order valence-electron chi connectivity index (χ4n) is 3.92. The Balaban J connectivity index is 0.000000158. The molecule has 0 aliphatic carbocycles. The van der Waals surface area contributed by atoms with Crippen molar-refractivity contribution in [3.8, 4) is 0 Å². The molecule has 208 valence electrons. The molecule has 2 aliphatic heterocycles. The number of nitrogens with zero attached hydrogens (tertiary/aromatic N) is 8. The molecule has 6 rings (SSSR count). The lowest BCUT2D eigenvalue weighted by molar-refractivity contribution is -0.201. The molecule has 16 nitrogen and oxygen atoms in total. The van der Waals surface area contributed by atoms with Gasteiger partial charge < -0.3 is 44.4 Å². The van der Waals surface area contributed by atoms with E-state index in [1.807, 2.05) is 4.57 Å². The van der Waals surface area contributed by atoms with Gasteiger partial charge in [0.15, 0.2) is 35.7 Å². The number of ether oxygens (including phenoxy) is 2. The molecule has 4 aromatic rings. The van der Waals surface area contributed by atoms with E-state index in [4.69, 9.17) is 25.8 Å².